The lowest BCUT2D eigenvalue weighted by molar-refractivity contribution is 0.0955. The average molecular weight is 365 g/mol. The number of methoxy groups -OCH3 is 2. The number of aromatic amines is 1. The molecule has 1 amide bonds. The predicted molar refractivity (Wildman–Crippen MR) is 103 cm³/mol. The maximum absolute atomic E-state index is 12.1. The van der Waals surface area contributed by atoms with E-state index in [2.05, 4.69) is 20.7 Å². The molecular weight excluding hydrogens is 346 g/mol. The second-order valence-corrected chi connectivity index (χ2v) is 5.59. The highest BCUT2D eigenvalue weighted by molar-refractivity contribution is 5.95. The van der Waals surface area contributed by atoms with Gasteiger partial charge in [0.1, 0.15) is 0 Å². The van der Waals surface area contributed by atoms with E-state index in [1.165, 1.54) is 6.21 Å². The molecule has 2 aromatic carbocycles. The van der Waals surface area contributed by atoms with Crippen LogP contribution in [0, 0.1) is 0 Å². The molecule has 138 valence electrons. The van der Waals surface area contributed by atoms with Crippen LogP contribution in [0.2, 0.25) is 0 Å². The standard InChI is InChI=1S/C19H19N5O3/c1-26-16-8-5-13(9-17(16)27-2)18-14(10-21-23-18)11-22-24-19(25)12-3-6-15(20)7-4-12/h3-11H,20H2,1-2H3,(H,21,23)(H,24,25)/b22-11+. The van der Waals surface area contributed by atoms with Crippen LogP contribution in [0.4, 0.5) is 5.69 Å². The van der Waals surface area contributed by atoms with Gasteiger partial charge in [-0.2, -0.15) is 10.2 Å². The maximum atomic E-state index is 12.1. The molecule has 4 N–H and O–H groups in total. The lowest BCUT2D eigenvalue weighted by Gasteiger charge is -2.09. The van der Waals surface area contributed by atoms with Crippen molar-refractivity contribution in [3.05, 3.63) is 59.8 Å². The summed E-state index contributed by atoms with van der Waals surface area (Å²) in [5, 5.41) is 11.0. The molecule has 0 bridgehead atoms. The molecule has 0 atom stereocenters. The number of anilines is 1. The Bertz CT molecular complexity index is 964. The van der Waals surface area contributed by atoms with Gasteiger partial charge in [-0.1, -0.05) is 0 Å². The van der Waals surface area contributed by atoms with Crippen molar-refractivity contribution >= 4 is 17.8 Å². The highest BCUT2D eigenvalue weighted by Gasteiger charge is 2.11. The molecule has 0 aliphatic rings. The minimum atomic E-state index is -0.331. The molecule has 0 saturated carbocycles. The van der Waals surface area contributed by atoms with E-state index in [1.54, 1.807) is 50.7 Å². The van der Waals surface area contributed by atoms with Gasteiger partial charge < -0.3 is 15.2 Å². The number of hydrazone groups is 1. The molecule has 1 heterocycles. The zero-order valence-electron chi connectivity index (χ0n) is 14.9. The van der Waals surface area contributed by atoms with Crippen LogP contribution in [-0.4, -0.2) is 36.5 Å². The zero-order chi connectivity index (χ0) is 19.2. The molecule has 3 rings (SSSR count). The van der Waals surface area contributed by atoms with Crippen LogP contribution in [0.25, 0.3) is 11.3 Å². The molecule has 27 heavy (non-hydrogen) atoms. The van der Waals surface area contributed by atoms with Gasteiger partial charge in [0.25, 0.3) is 5.91 Å². The number of hydrogen-bond donors (Lipinski definition) is 3. The number of rotatable bonds is 6. The number of carbonyl (C=O) groups excluding carboxylic acids is 1. The van der Waals surface area contributed by atoms with E-state index in [0.29, 0.717) is 28.3 Å². The van der Waals surface area contributed by atoms with Gasteiger partial charge in [0, 0.05) is 22.4 Å². The summed E-state index contributed by atoms with van der Waals surface area (Å²) in [5.74, 6) is 0.901. The largest absolute Gasteiger partial charge is 0.493 e. The molecule has 8 nitrogen and oxygen atoms in total. The zero-order valence-corrected chi connectivity index (χ0v) is 14.9. The van der Waals surface area contributed by atoms with Crippen molar-refractivity contribution in [1.82, 2.24) is 15.6 Å². The van der Waals surface area contributed by atoms with Gasteiger partial charge in [-0.3, -0.25) is 9.89 Å². The van der Waals surface area contributed by atoms with E-state index < -0.39 is 0 Å². The number of ether oxygens (including phenoxy) is 2. The second-order valence-electron chi connectivity index (χ2n) is 5.59. The third-order valence-electron chi connectivity index (χ3n) is 3.88. The van der Waals surface area contributed by atoms with Crippen LogP contribution < -0.4 is 20.6 Å². The summed E-state index contributed by atoms with van der Waals surface area (Å²) >= 11 is 0. The Labute approximate surface area is 156 Å². The minimum Gasteiger partial charge on any atom is -0.493 e. The number of H-pyrrole nitrogens is 1. The van der Waals surface area contributed by atoms with Crippen molar-refractivity contribution in [2.45, 2.75) is 0 Å². The first-order valence-corrected chi connectivity index (χ1v) is 8.07. The average Bonchev–Trinajstić information content (AvgIpc) is 3.16. The third kappa shape index (κ3) is 4.06. The van der Waals surface area contributed by atoms with Crippen LogP contribution in [0.5, 0.6) is 11.5 Å². The SMILES string of the molecule is COc1ccc(-c2[nH]ncc2/C=N/NC(=O)c2ccc(N)cc2)cc1OC. The molecule has 0 spiro atoms. The van der Waals surface area contributed by atoms with Crippen molar-refractivity contribution in [2.24, 2.45) is 5.10 Å². The van der Waals surface area contributed by atoms with Crippen molar-refractivity contribution in [3.63, 3.8) is 0 Å². The van der Waals surface area contributed by atoms with Crippen LogP contribution in [-0.2, 0) is 0 Å². The molecule has 0 saturated heterocycles. The molecule has 0 fully saturated rings. The first-order valence-electron chi connectivity index (χ1n) is 8.07. The number of hydrogen-bond acceptors (Lipinski definition) is 6. The summed E-state index contributed by atoms with van der Waals surface area (Å²) in [4.78, 5) is 12.1. The highest BCUT2D eigenvalue weighted by Crippen LogP contribution is 2.32. The van der Waals surface area contributed by atoms with Gasteiger partial charge >= 0.3 is 0 Å². The van der Waals surface area contributed by atoms with E-state index in [1.807, 2.05) is 12.1 Å². The first kappa shape index (κ1) is 18.0. The number of nitrogen functional groups attached to an aromatic ring is 1. The van der Waals surface area contributed by atoms with Crippen molar-refractivity contribution < 1.29 is 14.3 Å². The quantitative estimate of drug-likeness (QED) is 0.353. The molecule has 0 unspecified atom stereocenters. The predicted octanol–water partition coefficient (Wildman–Crippen LogP) is 2.44. The summed E-state index contributed by atoms with van der Waals surface area (Å²) in [5.41, 5.74) is 11.4. The van der Waals surface area contributed by atoms with Gasteiger partial charge in [-0.05, 0) is 42.5 Å². The number of nitrogens with zero attached hydrogens (tertiary/aromatic N) is 2. The van der Waals surface area contributed by atoms with E-state index in [9.17, 15) is 4.79 Å². The smallest absolute Gasteiger partial charge is 0.271 e. The molecule has 3 aromatic rings. The molecule has 0 aliphatic heterocycles. The summed E-state index contributed by atoms with van der Waals surface area (Å²) in [6.07, 6.45) is 3.13. The number of nitrogens with two attached hydrogens (primary N) is 1. The maximum Gasteiger partial charge on any atom is 0.271 e. The fraction of sp³-hybridized carbons (Fsp3) is 0.105. The van der Waals surface area contributed by atoms with Gasteiger partial charge in [0.15, 0.2) is 11.5 Å². The van der Waals surface area contributed by atoms with Crippen molar-refractivity contribution in [1.29, 1.82) is 0 Å². The molecule has 1 aromatic heterocycles. The van der Waals surface area contributed by atoms with Crippen molar-refractivity contribution in [3.8, 4) is 22.8 Å². The molecule has 0 aliphatic carbocycles. The summed E-state index contributed by atoms with van der Waals surface area (Å²) < 4.78 is 10.6. The lowest BCUT2D eigenvalue weighted by atomic mass is 10.1. The molecule has 0 radical (unpaired) electrons. The monoisotopic (exact) mass is 365 g/mol. The Morgan fingerprint density at radius 1 is 1.15 bits per heavy atom. The van der Waals surface area contributed by atoms with Gasteiger partial charge in [-0.15, -0.1) is 0 Å². The minimum absolute atomic E-state index is 0.331. The molecule has 8 heteroatoms. The van der Waals surface area contributed by atoms with Crippen LogP contribution in [0.1, 0.15) is 15.9 Å². The lowest BCUT2D eigenvalue weighted by Crippen LogP contribution is -2.17. The third-order valence-corrected chi connectivity index (χ3v) is 3.88. The van der Waals surface area contributed by atoms with Crippen LogP contribution in [0.15, 0.2) is 53.8 Å². The van der Waals surface area contributed by atoms with Gasteiger partial charge in [0.2, 0.25) is 0 Å². The van der Waals surface area contributed by atoms with E-state index >= 15 is 0 Å². The van der Waals surface area contributed by atoms with Gasteiger partial charge in [-0.25, -0.2) is 5.43 Å². The van der Waals surface area contributed by atoms with Gasteiger partial charge in [0.05, 0.1) is 32.3 Å². The summed E-state index contributed by atoms with van der Waals surface area (Å²) in [6.45, 7) is 0. The number of carbonyl (C=O) groups is 1. The second kappa shape index (κ2) is 8.05. The van der Waals surface area contributed by atoms with Crippen molar-refractivity contribution in [2.75, 3.05) is 20.0 Å². The molecular formula is C19H19N5O3. The first-order chi connectivity index (χ1) is 13.1. The Hall–Kier alpha value is -3.81. The highest BCUT2D eigenvalue weighted by atomic mass is 16.5. The van der Waals surface area contributed by atoms with E-state index in [-0.39, 0.29) is 5.91 Å². The summed E-state index contributed by atoms with van der Waals surface area (Å²) in [7, 11) is 3.15. The van der Waals surface area contributed by atoms with Crippen LogP contribution in [0.3, 0.4) is 0 Å². The topological polar surface area (TPSA) is 115 Å². The number of amides is 1. The summed E-state index contributed by atoms with van der Waals surface area (Å²) in [6, 6.07) is 12.1. The Balaban J connectivity index is 1.76. The number of benzene rings is 2. The van der Waals surface area contributed by atoms with Crippen LogP contribution >= 0.6 is 0 Å². The van der Waals surface area contributed by atoms with E-state index in [0.717, 1.165) is 11.3 Å². The Morgan fingerprint density at radius 3 is 2.59 bits per heavy atom. The number of aromatic nitrogens is 2. The Kier molecular flexibility index (Phi) is 5.36. The Morgan fingerprint density at radius 2 is 1.89 bits per heavy atom. The van der Waals surface area contributed by atoms with E-state index in [4.69, 9.17) is 15.2 Å². The number of nitrogens with one attached hydrogen (secondary N) is 2. The fourth-order valence-corrected chi connectivity index (χ4v) is 2.48. The normalized spacial score (nSPS) is 10.7. The fourth-order valence-electron chi connectivity index (χ4n) is 2.48.